The fourth-order valence-corrected chi connectivity index (χ4v) is 5.28. The maximum absolute atomic E-state index is 12.9. The summed E-state index contributed by atoms with van der Waals surface area (Å²) in [6.07, 6.45) is 6.23. The van der Waals surface area contributed by atoms with Gasteiger partial charge in [0.05, 0.1) is 17.6 Å². The molecule has 1 N–H and O–H groups in total. The number of nitrogens with one attached hydrogen (secondary N) is 1. The van der Waals surface area contributed by atoms with Crippen LogP contribution in [0.3, 0.4) is 0 Å². The number of piperidine rings is 1. The van der Waals surface area contributed by atoms with Crippen LogP contribution in [0.4, 0.5) is 13.2 Å². The van der Waals surface area contributed by atoms with Gasteiger partial charge in [0.2, 0.25) is 5.91 Å². The number of aromatic nitrogens is 2. The molecule has 1 saturated heterocycles. The predicted molar refractivity (Wildman–Crippen MR) is 124 cm³/mol. The van der Waals surface area contributed by atoms with Crippen LogP contribution in [0.1, 0.15) is 68.1 Å². The van der Waals surface area contributed by atoms with Crippen molar-refractivity contribution in [2.75, 3.05) is 19.6 Å². The van der Waals surface area contributed by atoms with E-state index in [4.69, 9.17) is 0 Å². The molecular weight excluding hydrogens is 461 g/mol. The molecule has 7 nitrogen and oxygen atoms in total. The van der Waals surface area contributed by atoms with Crippen molar-refractivity contribution < 1.29 is 27.5 Å². The lowest BCUT2D eigenvalue weighted by atomic mass is 9.84. The molecule has 0 spiro atoms. The van der Waals surface area contributed by atoms with Gasteiger partial charge in [-0.3, -0.25) is 14.3 Å². The van der Waals surface area contributed by atoms with E-state index in [0.717, 1.165) is 44.2 Å². The van der Waals surface area contributed by atoms with Crippen LogP contribution in [0.15, 0.2) is 30.7 Å². The third kappa shape index (κ3) is 6.96. The molecule has 1 aliphatic heterocycles. The van der Waals surface area contributed by atoms with Crippen LogP contribution >= 0.6 is 0 Å². The lowest BCUT2D eigenvalue weighted by Crippen LogP contribution is -2.47. The molecule has 2 fully saturated rings. The lowest BCUT2D eigenvalue weighted by molar-refractivity contribution is -0.349. The quantitative estimate of drug-likeness (QED) is 0.546. The number of ether oxygens (including phenoxy) is 1. The molecular formula is C25H33F3N4O3. The van der Waals surface area contributed by atoms with E-state index in [9.17, 15) is 22.8 Å². The first-order chi connectivity index (χ1) is 16.8. The molecule has 0 radical (unpaired) electrons. The Balaban J connectivity index is 1.13. The molecule has 1 saturated carbocycles. The SMILES string of the molecule is O=C(NCCCCC1CCN(C(=O)C2CCCCC2OC(F)(F)F)CC1)c1ccc2nccn2c1. The summed E-state index contributed by atoms with van der Waals surface area (Å²) >= 11 is 0. The van der Waals surface area contributed by atoms with Crippen LogP contribution < -0.4 is 5.32 Å². The highest BCUT2D eigenvalue weighted by Crippen LogP contribution is 2.34. The number of nitrogens with zero attached hydrogens (tertiary/aromatic N) is 3. The van der Waals surface area contributed by atoms with Gasteiger partial charge in [0.25, 0.3) is 5.91 Å². The summed E-state index contributed by atoms with van der Waals surface area (Å²) in [6, 6.07) is 3.57. The Hall–Kier alpha value is -2.62. The number of unbranched alkanes of at least 4 members (excludes halogenated alkanes) is 1. The molecule has 2 unspecified atom stereocenters. The molecule has 2 atom stereocenters. The molecule has 3 heterocycles. The van der Waals surface area contributed by atoms with Crippen LogP contribution in [0.2, 0.25) is 0 Å². The van der Waals surface area contributed by atoms with Crippen LogP contribution in [0, 0.1) is 11.8 Å². The fourth-order valence-electron chi connectivity index (χ4n) is 5.28. The van der Waals surface area contributed by atoms with Gasteiger partial charge in [0.1, 0.15) is 5.65 Å². The van der Waals surface area contributed by atoms with Gasteiger partial charge in [0.15, 0.2) is 0 Å². The smallest absolute Gasteiger partial charge is 0.352 e. The Morgan fingerprint density at radius 1 is 1.09 bits per heavy atom. The standard InChI is InChI=1S/C25H33F3N4O3/c26-25(27,28)35-21-7-2-1-6-20(21)24(34)31-14-10-18(11-15-31)5-3-4-12-30-23(33)19-8-9-22-29-13-16-32(22)17-19/h8-9,13,16-18,20-21H,1-7,10-12,14-15H2,(H,30,33). The van der Waals surface area contributed by atoms with Crippen molar-refractivity contribution in [3.8, 4) is 0 Å². The zero-order valence-corrected chi connectivity index (χ0v) is 19.8. The Bertz CT molecular complexity index is 1000. The average Bonchev–Trinajstić information content (AvgIpc) is 3.31. The maximum atomic E-state index is 12.9. The molecule has 35 heavy (non-hydrogen) atoms. The number of pyridine rings is 1. The van der Waals surface area contributed by atoms with Gasteiger partial charge < -0.3 is 14.6 Å². The highest BCUT2D eigenvalue weighted by atomic mass is 19.4. The predicted octanol–water partition coefficient (Wildman–Crippen LogP) is 4.57. The Kier molecular flexibility index (Phi) is 8.30. The van der Waals surface area contributed by atoms with Crippen molar-refractivity contribution >= 4 is 17.5 Å². The van der Waals surface area contributed by atoms with E-state index in [1.165, 1.54) is 0 Å². The normalized spacial score (nSPS) is 21.9. The molecule has 2 aromatic heterocycles. The monoisotopic (exact) mass is 494 g/mol. The summed E-state index contributed by atoms with van der Waals surface area (Å²) in [7, 11) is 0. The van der Waals surface area contributed by atoms with Crippen LogP contribution in [0.25, 0.3) is 5.65 Å². The Morgan fingerprint density at radius 3 is 2.63 bits per heavy atom. The van der Waals surface area contributed by atoms with Crippen molar-refractivity contribution in [3.63, 3.8) is 0 Å². The first-order valence-corrected chi connectivity index (χ1v) is 12.5. The van der Waals surface area contributed by atoms with Gasteiger partial charge in [-0.1, -0.05) is 25.7 Å². The number of alkyl halides is 3. The zero-order chi connectivity index (χ0) is 24.8. The number of carbonyl (C=O) groups excluding carboxylic acids is 2. The third-order valence-corrected chi connectivity index (χ3v) is 7.21. The largest absolute Gasteiger partial charge is 0.522 e. The number of carbonyl (C=O) groups is 2. The topological polar surface area (TPSA) is 75.9 Å². The minimum atomic E-state index is -4.71. The first kappa shape index (κ1) is 25.5. The molecule has 2 aromatic rings. The minimum Gasteiger partial charge on any atom is -0.352 e. The van der Waals surface area contributed by atoms with Gasteiger partial charge in [-0.05, 0) is 50.2 Å². The number of fused-ring (bicyclic) bond motifs is 1. The second-order valence-electron chi connectivity index (χ2n) is 9.62. The van der Waals surface area contributed by atoms with E-state index < -0.39 is 18.4 Å². The van der Waals surface area contributed by atoms with E-state index in [1.807, 2.05) is 10.5 Å². The Labute approximate surface area is 203 Å². The van der Waals surface area contributed by atoms with Gasteiger partial charge in [-0.15, -0.1) is 13.2 Å². The summed E-state index contributed by atoms with van der Waals surface area (Å²) in [5.41, 5.74) is 1.39. The molecule has 2 amide bonds. The van der Waals surface area contributed by atoms with Gasteiger partial charge in [0, 0.05) is 38.2 Å². The van der Waals surface area contributed by atoms with Crippen LogP contribution in [-0.2, 0) is 9.53 Å². The molecule has 192 valence electrons. The zero-order valence-electron chi connectivity index (χ0n) is 19.8. The molecule has 1 aliphatic carbocycles. The highest BCUT2D eigenvalue weighted by molar-refractivity contribution is 5.94. The van der Waals surface area contributed by atoms with Crippen LogP contribution in [-0.4, -0.2) is 58.2 Å². The second-order valence-corrected chi connectivity index (χ2v) is 9.62. The van der Waals surface area contributed by atoms with Crippen molar-refractivity contribution in [2.24, 2.45) is 11.8 Å². The summed E-state index contributed by atoms with van der Waals surface area (Å²) in [4.78, 5) is 31.2. The number of hydrogen-bond donors (Lipinski definition) is 1. The average molecular weight is 495 g/mol. The molecule has 4 rings (SSSR count). The van der Waals surface area contributed by atoms with Crippen molar-refractivity contribution in [1.29, 1.82) is 0 Å². The van der Waals surface area contributed by atoms with E-state index >= 15 is 0 Å². The number of hydrogen-bond acceptors (Lipinski definition) is 4. The van der Waals surface area contributed by atoms with Crippen molar-refractivity contribution in [3.05, 3.63) is 36.3 Å². The summed E-state index contributed by atoms with van der Waals surface area (Å²) in [5, 5.41) is 2.95. The van der Waals surface area contributed by atoms with Gasteiger partial charge in [-0.2, -0.15) is 0 Å². The van der Waals surface area contributed by atoms with Gasteiger partial charge in [-0.25, -0.2) is 4.98 Å². The van der Waals surface area contributed by atoms with Gasteiger partial charge >= 0.3 is 6.36 Å². The highest BCUT2D eigenvalue weighted by Gasteiger charge is 2.42. The molecule has 0 bridgehead atoms. The summed E-state index contributed by atoms with van der Waals surface area (Å²) in [6.45, 7) is 1.78. The minimum absolute atomic E-state index is 0.108. The first-order valence-electron chi connectivity index (χ1n) is 12.5. The molecule has 10 heteroatoms. The fraction of sp³-hybridized carbons (Fsp3) is 0.640. The number of likely N-dealkylation sites (tertiary alicyclic amines) is 1. The maximum Gasteiger partial charge on any atom is 0.522 e. The Morgan fingerprint density at radius 2 is 1.86 bits per heavy atom. The van der Waals surface area contributed by atoms with E-state index in [0.29, 0.717) is 44.0 Å². The van der Waals surface area contributed by atoms with E-state index in [1.54, 1.807) is 29.6 Å². The summed E-state index contributed by atoms with van der Waals surface area (Å²) in [5.74, 6) is -0.496. The van der Waals surface area contributed by atoms with Crippen LogP contribution in [0.5, 0.6) is 0 Å². The third-order valence-electron chi connectivity index (χ3n) is 7.21. The van der Waals surface area contributed by atoms with Crippen molar-refractivity contribution in [1.82, 2.24) is 19.6 Å². The number of halogens is 3. The summed E-state index contributed by atoms with van der Waals surface area (Å²) < 4.78 is 44.3. The molecule has 0 aromatic carbocycles. The second kappa shape index (κ2) is 11.4. The molecule has 2 aliphatic rings. The number of amides is 2. The van der Waals surface area contributed by atoms with Crippen molar-refractivity contribution in [2.45, 2.75) is 70.3 Å². The van der Waals surface area contributed by atoms with E-state index in [2.05, 4.69) is 15.0 Å². The lowest BCUT2D eigenvalue weighted by Gasteiger charge is -2.38. The number of rotatable bonds is 8. The van der Waals surface area contributed by atoms with E-state index in [-0.39, 0.29) is 18.2 Å². The number of imidazole rings is 1.